The van der Waals surface area contributed by atoms with Crippen molar-refractivity contribution in [3.8, 4) is 0 Å². The summed E-state index contributed by atoms with van der Waals surface area (Å²) in [7, 11) is -3.43. The fourth-order valence-electron chi connectivity index (χ4n) is 1.62. The van der Waals surface area contributed by atoms with Crippen molar-refractivity contribution in [2.45, 2.75) is 36.9 Å². The van der Waals surface area contributed by atoms with Gasteiger partial charge in [0.2, 0.25) is 0 Å². The predicted octanol–water partition coefficient (Wildman–Crippen LogP) is 2.61. The van der Waals surface area contributed by atoms with Gasteiger partial charge in [0.15, 0.2) is 8.68 Å². The minimum Gasteiger partial charge on any atom is -0.232 e. The lowest BCUT2D eigenvalue weighted by molar-refractivity contribution is 0.342. The molecule has 2 rings (SSSR count). The van der Waals surface area contributed by atoms with E-state index in [0.29, 0.717) is 12.5 Å². The average molecular weight is 295 g/mol. The number of thiazole rings is 1. The number of nitrogens with zero attached hydrogens (tertiary/aromatic N) is 2. The Morgan fingerprint density at radius 2 is 2.24 bits per heavy atom. The van der Waals surface area contributed by atoms with Gasteiger partial charge in [0.25, 0.3) is 10.0 Å². The SMILES string of the molecule is CC(C)N(CC1CC1)S(=O)(=O)c1cnc(Cl)s1. The van der Waals surface area contributed by atoms with E-state index in [2.05, 4.69) is 4.98 Å². The van der Waals surface area contributed by atoms with Gasteiger partial charge < -0.3 is 0 Å². The van der Waals surface area contributed by atoms with Crippen molar-refractivity contribution in [2.24, 2.45) is 5.92 Å². The third-order valence-electron chi connectivity index (χ3n) is 2.73. The molecule has 1 fully saturated rings. The van der Waals surface area contributed by atoms with E-state index in [4.69, 9.17) is 11.6 Å². The lowest BCUT2D eigenvalue weighted by Crippen LogP contribution is -2.38. The van der Waals surface area contributed by atoms with Gasteiger partial charge in [-0.1, -0.05) is 22.9 Å². The van der Waals surface area contributed by atoms with E-state index >= 15 is 0 Å². The molecule has 1 aliphatic rings. The number of hydrogen-bond donors (Lipinski definition) is 0. The summed E-state index contributed by atoms with van der Waals surface area (Å²) in [4.78, 5) is 3.80. The molecule has 0 saturated heterocycles. The van der Waals surface area contributed by atoms with Crippen molar-refractivity contribution >= 4 is 33.0 Å². The van der Waals surface area contributed by atoms with Crippen LogP contribution in [0.3, 0.4) is 0 Å². The van der Waals surface area contributed by atoms with Crippen LogP contribution in [0.15, 0.2) is 10.4 Å². The first-order valence-electron chi connectivity index (χ1n) is 5.54. The summed E-state index contributed by atoms with van der Waals surface area (Å²) in [6, 6.07) is -0.0403. The highest BCUT2D eigenvalue weighted by Crippen LogP contribution is 2.34. The topological polar surface area (TPSA) is 50.3 Å². The van der Waals surface area contributed by atoms with Crippen LogP contribution >= 0.6 is 22.9 Å². The van der Waals surface area contributed by atoms with E-state index in [1.54, 1.807) is 4.31 Å². The molecule has 0 spiro atoms. The number of rotatable bonds is 5. The minimum atomic E-state index is -3.43. The molecule has 96 valence electrons. The van der Waals surface area contributed by atoms with Crippen molar-refractivity contribution in [2.75, 3.05) is 6.54 Å². The molecule has 0 amide bonds. The van der Waals surface area contributed by atoms with Gasteiger partial charge in [0, 0.05) is 12.6 Å². The third kappa shape index (κ3) is 2.99. The summed E-state index contributed by atoms with van der Waals surface area (Å²) >= 11 is 6.71. The summed E-state index contributed by atoms with van der Waals surface area (Å²) in [6.07, 6.45) is 3.59. The van der Waals surface area contributed by atoms with Gasteiger partial charge >= 0.3 is 0 Å². The fourth-order valence-corrected chi connectivity index (χ4v) is 4.75. The van der Waals surface area contributed by atoms with Gasteiger partial charge in [0.05, 0.1) is 6.20 Å². The smallest absolute Gasteiger partial charge is 0.232 e. The van der Waals surface area contributed by atoms with Gasteiger partial charge in [0.1, 0.15) is 0 Å². The second-order valence-electron chi connectivity index (χ2n) is 4.54. The van der Waals surface area contributed by atoms with E-state index in [9.17, 15) is 8.42 Å². The Kier molecular flexibility index (Phi) is 3.77. The normalized spacial score (nSPS) is 17.0. The molecule has 0 unspecified atom stereocenters. The zero-order valence-corrected chi connectivity index (χ0v) is 12.1. The van der Waals surface area contributed by atoms with Crippen LogP contribution < -0.4 is 0 Å². The van der Waals surface area contributed by atoms with Crippen molar-refractivity contribution in [3.05, 3.63) is 10.7 Å². The van der Waals surface area contributed by atoms with E-state index in [1.807, 2.05) is 13.8 Å². The Balaban J connectivity index is 2.26. The summed E-state index contributed by atoms with van der Waals surface area (Å²) in [5.41, 5.74) is 0. The fraction of sp³-hybridized carbons (Fsp3) is 0.700. The molecule has 4 nitrogen and oxygen atoms in total. The Morgan fingerprint density at radius 3 is 2.65 bits per heavy atom. The Morgan fingerprint density at radius 1 is 1.59 bits per heavy atom. The van der Waals surface area contributed by atoms with Gasteiger partial charge in [-0.3, -0.25) is 0 Å². The van der Waals surface area contributed by atoms with Gasteiger partial charge in [-0.05, 0) is 32.6 Å². The Hall–Kier alpha value is -0.170. The largest absolute Gasteiger partial charge is 0.254 e. The maximum Gasteiger partial charge on any atom is 0.254 e. The van der Waals surface area contributed by atoms with Crippen molar-refractivity contribution in [3.63, 3.8) is 0 Å². The highest BCUT2D eigenvalue weighted by molar-refractivity contribution is 7.91. The van der Waals surface area contributed by atoms with Crippen LogP contribution in [0.4, 0.5) is 0 Å². The van der Waals surface area contributed by atoms with Crippen molar-refractivity contribution < 1.29 is 8.42 Å². The first kappa shape index (κ1) is 13.3. The predicted molar refractivity (Wildman–Crippen MR) is 68.9 cm³/mol. The van der Waals surface area contributed by atoms with Crippen LogP contribution in [0, 0.1) is 5.92 Å². The maximum atomic E-state index is 12.4. The van der Waals surface area contributed by atoms with E-state index < -0.39 is 10.0 Å². The molecular formula is C10H15ClN2O2S2. The van der Waals surface area contributed by atoms with E-state index in [1.165, 1.54) is 6.20 Å². The molecule has 0 bridgehead atoms. The second kappa shape index (κ2) is 4.84. The number of aromatic nitrogens is 1. The molecule has 17 heavy (non-hydrogen) atoms. The number of sulfonamides is 1. The minimum absolute atomic E-state index is 0.0403. The molecule has 1 aromatic heterocycles. The molecule has 1 saturated carbocycles. The molecular weight excluding hydrogens is 280 g/mol. The van der Waals surface area contributed by atoms with Crippen LogP contribution in [0.25, 0.3) is 0 Å². The summed E-state index contributed by atoms with van der Waals surface area (Å²) in [5.74, 6) is 0.524. The highest BCUT2D eigenvalue weighted by atomic mass is 35.5. The van der Waals surface area contributed by atoms with E-state index in [0.717, 1.165) is 24.2 Å². The molecule has 0 aromatic carbocycles. The van der Waals surface area contributed by atoms with Crippen molar-refractivity contribution in [1.82, 2.24) is 9.29 Å². The average Bonchev–Trinajstić information content (AvgIpc) is 2.95. The molecule has 0 N–H and O–H groups in total. The van der Waals surface area contributed by atoms with Gasteiger partial charge in [-0.15, -0.1) is 0 Å². The molecule has 1 aliphatic carbocycles. The highest BCUT2D eigenvalue weighted by Gasteiger charge is 2.34. The third-order valence-corrected chi connectivity index (χ3v) is 6.32. The van der Waals surface area contributed by atoms with Gasteiger partial charge in [-0.2, -0.15) is 4.31 Å². The quantitative estimate of drug-likeness (QED) is 0.839. The zero-order chi connectivity index (χ0) is 12.6. The van der Waals surface area contributed by atoms with Crippen LogP contribution in [0.1, 0.15) is 26.7 Å². The van der Waals surface area contributed by atoms with Gasteiger partial charge in [-0.25, -0.2) is 13.4 Å². The van der Waals surface area contributed by atoms with Crippen LogP contribution in [0.2, 0.25) is 4.47 Å². The second-order valence-corrected chi connectivity index (χ2v) is 8.27. The molecule has 0 radical (unpaired) electrons. The van der Waals surface area contributed by atoms with Crippen molar-refractivity contribution in [1.29, 1.82) is 0 Å². The number of halogens is 1. The summed E-state index contributed by atoms with van der Waals surface area (Å²) in [5, 5.41) is 0. The first-order chi connectivity index (χ1) is 7.91. The Labute approximate surface area is 111 Å². The maximum absolute atomic E-state index is 12.4. The molecule has 1 heterocycles. The van der Waals surface area contributed by atoms with E-state index in [-0.39, 0.29) is 14.7 Å². The monoisotopic (exact) mass is 294 g/mol. The first-order valence-corrected chi connectivity index (χ1v) is 8.18. The standard InChI is InChI=1S/C10H15ClN2O2S2/c1-7(2)13(6-8-3-4-8)17(14,15)9-5-12-10(11)16-9/h5,7-8H,3-4,6H2,1-2H3. The number of hydrogen-bond acceptors (Lipinski definition) is 4. The molecule has 0 aliphatic heterocycles. The zero-order valence-electron chi connectivity index (χ0n) is 9.76. The lowest BCUT2D eigenvalue weighted by atomic mass is 10.3. The van der Waals surface area contributed by atoms with Crippen LogP contribution in [-0.2, 0) is 10.0 Å². The van der Waals surface area contributed by atoms with Crippen LogP contribution in [-0.4, -0.2) is 30.3 Å². The lowest BCUT2D eigenvalue weighted by Gasteiger charge is -2.24. The molecule has 1 aromatic rings. The Bertz CT molecular complexity index is 494. The summed E-state index contributed by atoms with van der Waals surface area (Å²) < 4.78 is 26.8. The molecule has 7 heteroatoms. The molecule has 0 atom stereocenters. The van der Waals surface area contributed by atoms with Crippen LogP contribution in [0.5, 0.6) is 0 Å². The summed E-state index contributed by atoms with van der Waals surface area (Å²) in [6.45, 7) is 4.39.